The van der Waals surface area contributed by atoms with Crippen molar-refractivity contribution < 1.29 is 8.83 Å². The Bertz CT molecular complexity index is 7840. The molecule has 0 unspecified atom stereocenters. The summed E-state index contributed by atoms with van der Waals surface area (Å²) in [6, 6.07) is 132. The maximum absolute atomic E-state index is 6.45. The molecule has 0 saturated carbocycles. The standard InChI is InChI=1S/2C50H30N2O/c1-2-12-33-26-36(23-20-31(33)10-1)51-45-17-7-5-15-38(45)40-27-34(21-24-46(40)51)35-22-25-47-41(28-35)42-30-50-43(39-16-6-8-19-49(39)53-50)29-48(42)52(47)44-18-9-13-32-11-3-4-14-37(32)44;1-2-12-33-26-36(23-20-31(33)10-1)51-45-17-7-5-15-38(45)40-27-34(21-24-46(40)51)35-22-25-47-41(28-35)42-29-43-39-16-6-8-19-49(39)53-50(43)30-48(42)52(47)44-18-9-13-32-11-3-4-14-37(32)44/h2*1-30H. The first-order chi connectivity index (χ1) is 52.5. The van der Waals surface area contributed by atoms with Crippen LogP contribution in [0.4, 0.5) is 0 Å². The van der Waals surface area contributed by atoms with E-state index in [2.05, 4.69) is 370 Å². The molecule has 0 fully saturated rings. The number of rotatable bonds is 6. The summed E-state index contributed by atoms with van der Waals surface area (Å²) >= 11 is 0. The Labute approximate surface area is 606 Å². The Kier molecular flexibility index (Phi) is 12.5. The molecule has 106 heavy (non-hydrogen) atoms. The van der Waals surface area contributed by atoms with Crippen LogP contribution in [0, 0.1) is 0 Å². The molecule has 6 aromatic heterocycles. The van der Waals surface area contributed by atoms with Gasteiger partial charge in [-0.15, -0.1) is 0 Å². The van der Waals surface area contributed by atoms with Crippen molar-refractivity contribution >= 4 is 174 Å². The largest absolute Gasteiger partial charge is 0.456 e. The Hall–Kier alpha value is -14.2. The molecule has 0 N–H and O–H groups in total. The van der Waals surface area contributed by atoms with Gasteiger partial charge in [0.1, 0.15) is 22.3 Å². The summed E-state index contributed by atoms with van der Waals surface area (Å²) < 4.78 is 22.6. The van der Waals surface area contributed by atoms with E-state index < -0.39 is 0 Å². The van der Waals surface area contributed by atoms with Crippen LogP contribution in [0.15, 0.2) is 373 Å². The van der Waals surface area contributed by atoms with Crippen molar-refractivity contribution in [3.05, 3.63) is 364 Å². The molecule has 6 heteroatoms. The van der Waals surface area contributed by atoms with Gasteiger partial charge in [0.05, 0.1) is 55.5 Å². The molecule has 0 bridgehead atoms. The van der Waals surface area contributed by atoms with Crippen LogP contribution in [0.5, 0.6) is 0 Å². The van der Waals surface area contributed by atoms with Gasteiger partial charge in [0, 0.05) is 92.8 Å². The number of furan rings is 2. The van der Waals surface area contributed by atoms with Crippen LogP contribution < -0.4 is 0 Å². The first-order valence-electron chi connectivity index (χ1n) is 36.3. The van der Waals surface area contributed by atoms with E-state index in [0.29, 0.717) is 0 Å². The highest BCUT2D eigenvalue weighted by atomic mass is 16.3. The smallest absolute Gasteiger partial charge is 0.137 e. The second kappa shape index (κ2) is 22.6. The summed E-state index contributed by atoms with van der Waals surface area (Å²) in [6.07, 6.45) is 0. The summed E-state index contributed by atoms with van der Waals surface area (Å²) in [6.45, 7) is 0. The second-order valence-corrected chi connectivity index (χ2v) is 28.3. The number of benzene rings is 18. The first-order valence-corrected chi connectivity index (χ1v) is 36.3. The minimum absolute atomic E-state index is 0.900. The van der Waals surface area contributed by atoms with E-state index in [9.17, 15) is 0 Å². The fourth-order valence-electron chi connectivity index (χ4n) is 17.7. The third kappa shape index (κ3) is 8.79. The molecule has 6 heterocycles. The highest BCUT2D eigenvalue weighted by molar-refractivity contribution is 6.21. The minimum Gasteiger partial charge on any atom is -0.456 e. The van der Waals surface area contributed by atoms with E-state index in [1.54, 1.807) is 0 Å². The number of para-hydroxylation sites is 4. The van der Waals surface area contributed by atoms with Gasteiger partial charge < -0.3 is 27.1 Å². The quantitative estimate of drug-likeness (QED) is 0.167. The lowest BCUT2D eigenvalue weighted by molar-refractivity contribution is 0.669. The Balaban J connectivity index is 0.000000129. The van der Waals surface area contributed by atoms with Gasteiger partial charge in [-0.05, 0) is 182 Å². The Morgan fingerprint density at radius 1 is 0.151 bits per heavy atom. The van der Waals surface area contributed by atoms with Crippen LogP contribution in [-0.2, 0) is 0 Å². The van der Waals surface area contributed by atoms with Crippen LogP contribution in [-0.4, -0.2) is 18.3 Å². The van der Waals surface area contributed by atoms with Gasteiger partial charge in [-0.3, -0.25) is 0 Å². The average Bonchev–Trinajstić information content (AvgIpc) is 1.57. The minimum atomic E-state index is 0.900. The van der Waals surface area contributed by atoms with Crippen LogP contribution >= 0.6 is 0 Å². The van der Waals surface area contributed by atoms with Crippen molar-refractivity contribution in [2.45, 2.75) is 0 Å². The van der Waals surface area contributed by atoms with Gasteiger partial charge in [-0.2, -0.15) is 0 Å². The molecule has 0 amide bonds. The van der Waals surface area contributed by atoms with E-state index in [-0.39, 0.29) is 0 Å². The monoisotopic (exact) mass is 1350 g/mol. The van der Waals surface area contributed by atoms with Crippen molar-refractivity contribution in [1.82, 2.24) is 18.3 Å². The molecule has 0 radical (unpaired) electrons. The number of aromatic nitrogens is 4. The van der Waals surface area contributed by atoms with E-state index in [1.165, 1.54) is 164 Å². The maximum Gasteiger partial charge on any atom is 0.137 e. The highest BCUT2D eigenvalue weighted by Crippen LogP contribution is 2.46. The lowest BCUT2D eigenvalue weighted by Crippen LogP contribution is -1.95. The molecule has 0 atom stereocenters. The fraction of sp³-hybridized carbons (Fsp3) is 0. The summed E-state index contributed by atoms with van der Waals surface area (Å²) in [5, 5.41) is 24.2. The third-order valence-electron chi connectivity index (χ3n) is 22.5. The van der Waals surface area contributed by atoms with Crippen molar-refractivity contribution in [1.29, 1.82) is 0 Å². The summed E-state index contributed by atoms with van der Waals surface area (Å²) in [7, 11) is 0. The number of hydrogen-bond donors (Lipinski definition) is 0. The molecule has 24 aromatic rings. The van der Waals surface area contributed by atoms with Gasteiger partial charge in [-0.25, -0.2) is 0 Å². The first kappa shape index (κ1) is 58.4. The van der Waals surface area contributed by atoms with E-state index >= 15 is 0 Å². The van der Waals surface area contributed by atoms with Gasteiger partial charge in [0.25, 0.3) is 0 Å². The van der Waals surface area contributed by atoms with Crippen molar-refractivity contribution in [3.8, 4) is 45.0 Å². The van der Waals surface area contributed by atoms with Crippen molar-refractivity contribution in [2.24, 2.45) is 0 Å². The predicted molar refractivity (Wildman–Crippen MR) is 446 cm³/mol. The Morgan fingerprint density at radius 2 is 0.481 bits per heavy atom. The van der Waals surface area contributed by atoms with Crippen molar-refractivity contribution in [3.63, 3.8) is 0 Å². The van der Waals surface area contributed by atoms with E-state index in [4.69, 9.17) is 8.83 Å². The van der Waals surface area contributed by atoms with Crippen LogP contribution in [0.25, 0.3) is 219 Å². The lowest BCUT2D eigenvalue weighted by Gasteiger charge is -2.12. The molecular weight excluding hydrogens is 1290 g/mol. The fourth-order valence-corrected chi connectivity index (χ4v) is 17.7. The van der Waals surface area contributed by atoms with Crippen LogP contribution in [0.2, 0.25) is 0 Å². The topological polar surface area (TPSA) is 46.0 Å². The molecule has 492 valence electrons. The number of hydrogen-bond acceptors (Lipinski definition) is 2. The van der Waals surface area contributed by atoms with Crippen molar-refractivity contribution in [2.75, 3.05) is 0 Å². The molecule has 0 aliphatic rings. The van der Waals surface area contributed by atoms with Gasteiger partial charge in [0.15, 0.2) is 0 Å². The van der Waals surface area contributed by atoms with E-state index in [1.807, 2.05) is 12.1 Å². The molecule has 18 aromatic carbocycles. The molecule has 0 spiro atoms. The zero-order valence-electron chi connectivity index (χ0n) is 57.2. The van der Waals surface area contributed by atoms with Crippen LogP contribution in [0.1, 0.15) is 0 Å². The molecule has 0 aliphatic heterocycles. The molecule has 24 rings (SSSR count). The highest BCUT2D eigenvalue weighted by Gasteiger charge is 2.23. The van der Waals surface area contributed by atoms with Gasteiger partial charge in [-0.1, -0.05) is 231 Å². The third-order valence-corrected chi connectivity index (χ3v) is 22.5. The van der Waals surface area contributed by atoms with Gasteiger partial charge in [0.2, 0.25) is 0 Å². The maximum atomic E-state index is 6.45. The molecular formula is C100H60N4O2. The van der Waals surface area contributed by atoms with E-state index in [0.717, 1.165) is 55.1 Å². The summed E-state index contributed by atoms with van der Waals surface area (Å²) in [5.74, 6) is 0. The normalized spacial score (nSPS) is 12.2. The van der Waals surface area contributed by atoms with Crippen LogP contribution in [0.3, 0.4) is 0 Å². The zero-order valence-corrected chi connectivity index (χ0v) is 57.2. The molecule has 0 saturated heterocycles. The zero-order chi connectivity index (χ0) is 69.2. The molecule has 0 aliphatic carbocycles. The number of fused-ring (bicyclic) bond motifs is 22. The second-order valence-electron chi connectivity index (χ2n) is 28.3. The molecule has 6 nitrogen and oxygen atoms in total. The average molecular weight is 1350 g/mol. The number of nitrogens with zero attached hydrogens (tertiary/aromatic N) is 4. The summed E-state index contributed by atoms with van der Waals surface area (Å²) in [4.78, 5) is 0. The summed E-state index contributed by atoms with van der Waals surface area (Å²) in [5.41, 5.74) is 22.5. The SMILES string of the molecule is c1ccc2cc(-n3c4ccccc4c4cc(-c5ccc6c(c5)c5cc7c(cc5n6-c5cccc6ccccc56)oc5ccccc57)ccc43)ccc2c1.c1ccc2cc(-n3c4ccccc4c4cc(-c5ccc6c(c5)c5cc7oc8ccccc8c7cc5n6-c5cccc6ccccc56)ccc43)ccc2c1. The lowest BCUT2D eigenvalue weighted by atomic mass is 10.00. The van der Waals surface area contributed by atoms with Gasteiger partial charge >= 0.3 is 0 Å². The Morgan fingerprint density at radius 3 is 0.962 bits per heavy atom. The predicted octanol–water partition coefficient (Wildman–Crippen LogP) is 27.5.